The van der Waals surface area contributed by atoms with Crippen LogP contribution in [0.1, 0.15) is 29.7 Å². The third kappa shape index (κ3) is 7.03. The van der Waals surface area contributed by atoms with Crippen LogP contribution in [0, 0.1) is 5.92 Å². The summed E-state index contributed by atoms with van der Waals surface area (Å²) in [6.45, 7) is 2.04. The van der Waals surface area contributed by atoms with Gasteiger partial charge in [-0.2, -0.15) is 30.2 Å². The smallest absolute Gasteiger partial charge is 0.490 e. The van der Waals surface area contributed by atoms with Crippen LogP contribution in [-0.4, -0.2) is 75.2 Å². The monoisotopic (exact) mass is 557 g/mol. The van der Waals surface area contributed by atoms with Crippen LogP contribution in [0.4, 0.5) is 13.2 Å². The fraction of sp³-hybridized carbons (Fsp3) is 0.480. The minimum Gasteiger partial charge on any atom is -0.493 e. The van der Waals surface area contributed by atoms with Crippen LogP contribution in [-0.2, 0) is 24.5 Å². The molecule has 0 spiro atoms. The Labute approximate surface area is 219 Å². The van der Waals surface area contributed by atoms with Crippen LogP contribution in [0.15, 0.2) is 54.6 Å². The predicted molar refractivity (Wildman–Crippen MR) is 131 cm³/mol. The van der Waals surface area contributed by atoms with Crippen molar-refractivity contribution >= 4 is 16.2 Å². The minimum atomic E-state index is -5.16. The molecule has 2 aromatic carbocycles. The maximum atomic E-state index is 13.4. The maximum absolute atomic E-state index is 13.4. The number of carbonyl (C=O) groups excluding carboxylic acids is 1. The van der Waals surface area contributed by atoms with Crippen LogP contribution in [0.3, 0.4) is 0 Å². The van der Waals surface area contributed by atoms with Crippen molar-refractivity contribution in [1.82, 2.24) is 8.61 Å². The Hall–Kier alpha value is -2.71. The molecule has 0 saturated carbocycles. The number of hydrogen-bond acceptors (Lipinski definition) is 7. The second-order valence-electron chi connectivity index (χ2n) is 9.25. The molecule has 2 heterocycles. The average molecular weight is 558 g/mol. The summed E-state index contributed by atoms with van der Waals surface area (Å²) in [6, 6.07) is 15.6. The van der Waals surface area contributed by atoms with Crippen molar-refractivity contribution in [3.05, 3.63) is 65.7 Å². The zero-order valence-corrected chi connectivity index (χ0v) is 21.4. The summed E-state index contributed by atoms with van der Waals surface area (Å²) < 4.78 is 82.9. The van der Waals surface area contributed by atoms with Gasteiger partial charge in [0.05, 0.1) is 19.8 Å². The van der Waals surface area contributed by atoms with Gasteiger partial charge >= 0.3 is 12.1 Å². The van der Waals surface area contributed by atoms with Gasteiger partial charge < -0.3 is 14.2 Å². The minimum absolute atomic E-state index is 0.0455. The Morgan fingerprint density at radius 1 is 1.05 bits per heavy atom. The molecule has 0 aromatic heterocycles. The average Bonchev–Trinajstić information content (AvgIpc) is 2.92. The summed E-state index contributed by atoms with van der Waals surface area (Å²) in [7, 11) is -3.71. The lowest BCUT2D eigenvalue weighted by atomic mass is 9.86. The highest BCUT2D eigenvalue weighted by atomic mass is 32.2. The number of rotatable bonds is 8. The van der Waals surface area contributed by atoms with Gasteiger partial charge in [-0.15, -0.1) is 0 Å². The van der Waals surface area contributed by atoms with E-state index in [-0.39, 0.29) is 30.6 Å². The summed E-state index contributed by atoms with van der Waals surface area (Å²) in [6.07, 6.45) is -6.10. The van der Waals surface area contributed by atoms with Gasteiger partial charge in [-0.05, 0) is 30.0 Å². The van der Waals surface area contributed by atoms with E-state index in [0.717, 1.165) is 5.56 Å². The third-order valence-electron chi connectivity index (χ3n) is 6.54. The van der Waals surface area contributed by atoms with Gasteiger partial charge in [0.15, 0.2) is 6.23 Å². The first-order valence-electron chi connectivity index (χ1n) is 12.2. The zero-order chi connectivity index (χ0) is 27.3. The lowest BCUT2D eigenvalue weighted by molar-refractivity contribution is -0.205. The molecule has 0 radical (unpaired) electrons. The number of piperidine rings is 1. The number of halogens is 3. The first-order chi connectivity index (χ1) is 18.0. The van der Waals surface area contributed by atoms with E-state index in [1.165, 1.54) is 26.8 Å². The van der Waals surface area contributed by atoms with Crippen molar-refractivity contribution in [2.24, 2.45) is 11.7 Å². The molecule has 0 aliphatic carbocycles. The number of nitrogens with zero attached hydrogens (tertiary/aromatic N) is 2. The molecule has 2 saturated heterocycles. The summed E-state index contributed by atoms with van der Waals surface area (Å²) in [5.74, 6) is -2.28. The molecule has 3 atom stereocenters. The summed E-state index contributed by atoms with van der Waals surface area (Å²) in [4.78, 5) is 11.1. The lowest BCUT2D eigenvalue weighted by Gasteiger charge is -2.40. The van der Waals surface area contributed by atoms with E-state index in [4.69, 9.17) is 15.2 Å². The SMILES string of the molecule is NC(OC(=O)C(F)(F)F)c1cccc(OCC2CC(c3ccccc3)CN(S(=O)(=O)N3CCOCC3)C2)c1. The third-order valence-corrected chi connectivity index (χ3v) is 8.50. The van der Waals surface area contributed by atoms with Crippen molar-refractivity contribution in [3.8, 4) is 5.75 Å². The number of nitrogens with two attached hydrogens (primary N) is 1. The molecule has 9 nitrogen and oxygen atoms in total. The van der Waals surface area contributed by atoms with Gasteiger partial charge in [0, 0.05) is 37.7 Å². The Balaban J connectivity index is 1.46. The van der Waals surface area contributed by atoms with E-state index >= 15 is 0 Å². The molecule has 2 aliphatic heterocycles. The second kappa shape index (κ2) is 12.0. The largest absolute Gasteiger partial charge is 0.493 e. The van der Waals surface area contributed by atoms with Crippen molar-refractivity contribution in [2.75, 3.05) is 46.0 Å². The van der Waals surface area contributed by atoms with Gasteiger partial charge in [0.2, 0.25) is 0 Å². The van der Waals surface area contributed by atoms with Crippen LogP contribution in [0.5, 0.6) is 5.75 Å². The molecule has 2 fully saturated rings. The van der Waals surface area contributed by atoms with Crippen molar-refractivity contribution < 1.29 is 40.6 Å². The van der Waals surface area contributed by atoms with E-state index in [0.29, 0.717) is 45.0 Å². The normalized spacial score (nSPS) is 22.5. The number of morpholine rings is 1. The maximum Gasteiger partial charge on any atom is 0.490 e. The quantitative estimate of drug-likeness (QED) is 0.393. The highest BCUT2D eigenvalue weighted by molar-refractivity contribution is 7.86. The number of alkyl halides is 3. The van der Waals surface area contributed by atoms with Crippen molar-refractivity contribution in [1.29, 1.82) is 0 Å². The highest BCUT2D eigenvalue weighted by Gasteiger charge is 2.42. The van der Waals surface area contributed by atoms with E-state index in [9.17, 15) is 26.4 Å². The molecule has 13 heteroatoms. The van der Waals surface area contributed by atoms with Crippen LogP contribution >= 0.6 is 0 Å². The topological polar surface area (TPSA) is 111 Å². The number of esters is 1. The summed E-state index contributed by atoms with van der Waals surface area (Å²) in [5.41, 5.74) is 6.79. The van der Waals surface area contributed by atoms with E-state index in [1.807, 2.05) is 30.3 Å². The fourth-order valence-electron chi connectivity index (χ4n) is 4.62. The van der Waals surface area contributed by atoms with Crippen LogP contribution in [0.25, 0.3) is 0 Å². The molecule has 38 heavy (non-hydrogen) atoms. The lowest BCUT2D eigenvalue weighted by Crippen LogP contribution is -2.53. The summed E-state index contributed by atoms with van der Waals surface area (Å²) >= 11 is 0. The number of carbonyl (C=O) groups is 1. The van der Waals surface area contributed by atoms with Gasteiger partial charge in [-0.25, -0.2) is 4.79 Å². The van der Waals surface area contributed by atoms with Gasteiger partial charge in [-0.1, -0.05) is 42.5 Å². The Bertz CT molecular complexity index is 1190. The molecular formula is C25H30F3N3O6S. The van der Waals surface area contributed by atoms with Crippen LogP contribution < -0.4 is 10.5 Å². The highest BCUT2D eigenvalue weighted by Crippen LogP contribution is 2.33. The molecule has 0 bridgehead atoms. The molecular weight excluding hydrogens is 527 g/mol. The molecule has 2 aliphatic rings. The van der Waals surface area contributed by atoms with Gasteiger partial charge in [0.1, 0.15) is 5.75 Å². The second-order valence-corrected chi connectivity index (χ2v) is 11.2. The van der Waals surface area contributed by atoms with Gasteiger partial charge in [-0.3, -0.25) is 5.73 Å². The van der Waals surface area contributed by atoms with Gasteiger partial charge in [0.25, 0.3) is 10.2 Å². The number of hydrogen-bond donors (Lipinski definition) is 1. The fourth-order valence-corrected chi connectivity index (χ4v) is 6.33. The van der Waals surface area contributed by atoms with E-state index in [2.05, 4.69) is 4.74 Å². The van der Waals surface area contributed by atoms with E-state index < -0.39 is 28.6 Å². The molecule has 2 N–H and O–H groups in total. The van der Waals surface area contributed by atoms with Crippen molar-refractivity contribution in [2.45, 2.75) is 24.7 Å². The Morgan fingerprint density at radius 2 is 1.76 bits per heavy atom. The zero-order valence-electron chi connectivity index (χ0n) is 20.5. The molecule has 0 amide bonds. The molecule has 3 unspecified atom stereocenters. The standard InChI is InChI=1S/C25H30F3N3O6S/c26-25(27,28)24(32)37-23(29)20-7-4-8-22(14-20)36-17-18-13-21(19-5-2-1-3-6-19)16-31(15-18)38(33,34)30-9-11-35-12-10-30/h1-8,14,18,21,23H,9-13,15-17,29H2. The molecule has 2 aromatic rings. The number of benzene rings is 2. The Kier molecular flexibility index (Phi) is 8.93. The van der Waals surface area contributed by atoms with Crippen LogP contribution in [0.2, 0.25) is 0 Å². The van der Waals surface area contributed by atoms with Crippen molar-refractivity contribution in [3.63, 3.8) is 0 Å². The summed E-state index contributed by atoms with van der Waals surface area (Å²) in [5, 5.41) is 0. The number of ether oxygens (including phenoxy) is 3. The first-order valence-corrected chi connectivity index (χ1v) is 13.6. The van der Waals surface area contributed by atoms with E-state index in [1.54, 1.807) is 6.07 Å². The predicted octanol–water partition coefficient (Wildman–Crippen LogP) is 2.81. The first kappa shape index (κ1) is 28.3. The Morgan fingerprint density at radius 3 is 2.45 bits per heavy atom. The molecule has 208 valence electrons. The molecule has 4 rings (SSSR count).